The molecule has 9 nitrogen and oxygen atoms in total. The molecule has 0 aliphatic carbocycles. The zero-order chi connectivity index (χ0) is 30.0. The number of ether oxygens (including phenoxy) is 2. The van der Waals surface area contributed by atoms with Gasteiger partial charge >= 0.3 is 5.97 Å². The van der Waals surface area contributed by atoms with E-state index in [0.717, 1.165) is 85.3 Å². The summed E-state index contributed by atoms with van der Waals surface area (Å²) in [6, 6.07) is 16.7. The van der Waals surface area contributed by atoms with Gasteiger partial charge in [-0.05, 0) is 56.5 Å². The fourth-order valence-electron chi connectivity index (χ4n) is 6.13. The molecule has 0 amide bonds. The van der Waals surface area contributed by atoms with E-state index in [0.29, 0.717) is 12.2 Å². The Hall–Kier alpha value is -3.47. The number of fused-ring (bicyclic) bond motifs is 6. The number of benzene rings is 3. The first kappa shape index (κ1) is 32.4. The number of rotatable bonds is 7. The van der Waals surface area contributed by atoms with Gasteiger partial charge in [0.15, 0.2) is 0 Å². The Kier molecular flexibility index (Phi) is 10.1. The maximum Gasteiger partial charge on any atom is 0.338 e. The summed E-state index contributed by atoms with van der Waals surface area (Å²) < 4.78 is 49.0. The maximum absolute atomic E-state index is 13.3. The quantitative estimate of drug-likeness (QED) is 0.166. The van der Waals surface area contributed by atoms with Crippen LogP contribution in [0.15, 0.2) is 48.5 Å². The molecule has 0 aromatic heterocycles. The molecule has 0 N–H and O–H groups in total. The van der Waals surface area contributed by atoms with E-state index in [1.54, 1.807) is 0 Å². The number of carbonyl (C=O) groups excluding carboxylic acids is 1. The van der Waals surface area contributed by atoms with Crippen LogP contribution in [-0.4, -0.2) is 38.8 Å². The minimum atomic E-state index is -4.94. The summed E-state index contributed by atoms with van der Waals surface area (Å²) in [6.07, 6.45) is 3.78. The Bertz CT molecular complexity index is 1630. The lowest BCUT2D eigenvalue weighted by Crippen LogP contribution is -2.68. The molecule has 3 aliphatic heterocycles. The molecular weight excluding hydrogens is 572 g/mol. The van der Waals surface area contributed by atoms with Crippen molar-refractivity contribution < 1.29 is 43.1 Å². The van der Waals surface area contributed by atoms with E-state index in [4.69, 9.17) is 28.1 Å². The van der Waals surface area contributed by atoms with Crippen molar-refractivity contribution in [1.29, 1.82) is 0 Å². The highest BCUT2D eigenvalue weighted by Crippen LogP contribution is 2.45. The molecule has 0 saturated carbocycles. The normalized spacial score (nSPS) is 14.4. The summed E-state index contributed by atoms with van der Waals surface area (Å²) in [5, 5.41) is 2.32. The highest BCUT2D eigenvalue weighted by atomic mass is 35.7. The highest BCUT2D eigenvalue weighted by Gasteiger charge is 2.33. The van der Waals surface area contributed by atoms with E-state index < -0.39 is 10.2 Å². The van der Waals surface area contributed by atoms with Crippen LogP contribution in [-0.2, 0) is 17.6 Å². The zero-order valence-corrected chi connectivity index (χ0v) is 24.9. The number of unbranched alkanes of at least 4 members (excludes halogenated alkanes) is 1. The van der Waals surface area contributed by atoms with Crippen molar-refractivity contribution in [2.75, 3.05) is 37.7 Å². The second-order valence-corrected chi connectivity index (χ2v) is 11.2. The number of likely N-dealkylation sites (N-methyl/N-ethyl adjacent to an activating group) is 2. The van der Waals surface area contributed by atoms with Crippen molar-refractivity contribution in [2.45, 2.75) is 53.9 Å². The zero-order valence-electron chi connectivity index (χ0n) is 24.1. The third kappa shape index (κ3) is 6.56. The van der Waals surface area contributed by atoms with E-state index in [-0.39, 0.29) is 13.4 Å². The molecule has 0 unspecified atom stereocenters. The molecule has 3 aromatic carbocycles. The third-order valence-corrected chi connectivity index (χ3v) is 8.07. The van der Waals surface area contributed by atoms with Crippen LogP contribution in [0.25, 0.3) is 5.57 Å². The predicted molar refractivity (Wildman–Crippen MR) is 154 cm³/mol. The van der Waals surface area contributed by atoms with Crippen molar-refractivity contribution in [1.82, 2.24) is 4.58 Å². The third-order valence-electron chi connectivity index (χ3n) is 8.07. The van der Waals surface area contributed by atoms with Gasteiger partial charge in [0.2, 0.25) is 5.36 Å². The predicted octanol–water partition coefficient (Wildman–Crippen LogP) is 0.326. The minimum Gasteiger partial charge on any atom is -0.462 e. The van der Waals surface area contributed by atoms with Crippen molar-refractivity contribution >= 4 is 17.2 Å². The van der Waals surface area contributed by atoms with E-state index >= 15 is 0 Å². The van der Waals surface area contributed by atoms with Gasteiger partial charge in [0, 0.05) is 53.2 Å². The Morgan fingerprint density at radius 2 is 1.70 bits per heavy atom. The lowest BCUT2D eigenvalue weighted by molar-refractivity contribution is -2.00. The summed E-state index contributed by atoms with van der Waals surface area (Å²) >= 11 is 0. The standard InChI is InChI=1S/C32H35N2O3.CH4.ClHO4/c1-4-7-20-36-32(35)22-11-9-8-10-21(22)29-25-12-14-27-23(16-18-33(27)5-2)30(25)37-31-24-17-19-34(6-3)28(24)15-13-26(29)31;;2-1(3,4)5/h8-15H,4-7,16-20H2,1-3H3;1H4;(H,2,3,4,5)/q+1;;/p-1. The molecule has 230 valence electrons. The summed E-state index contributed by atoms with van der Waals surface area (Å²) in [7, 11) is -4.94. The molecule has 10 heteroatoms. The van der Waals surface area contributed by atoms with Crippen LogP contribution in [0, 0.1) is 10.2 Å². The van der Waals surface area contributed by atoms with Crippen molar-refractivity contribution in [2.24, 2.45) is 0 Å². The number of anilines is 1. The molecule has 0 bridgehead atoms. The average Bonchev–Trinajstić information content (AvgIpc) is 3.59. The Morgan fingerprint density at radius 1 is 0.953 bits per heavy atom. The van der Waals surface area contributed by atoms with Gasteiger partial charge in [-0.25, -0.2) is 28.0 Å². The molecule has 6 rings (SSSR count). The molecule has 43 heavy (non-hydrogen) atoms. The van der Waals surface area contributed by atoms with Crippen LogP contribution < -0.4 is 43.4 Å². The summed E-state index contributed by atoms with van der Waals surface area (Å²) in [5.41, 5.74) is 7.45. The minimum absolute atomic E-state index is 0. The first-order chi connectivity index (χ1) is 20.2. The fraction of sp³-hybridized carbons (Fsp3) is 0.394. The number of esters is 1. The van der Waals surface area contributed by atoms with Gasteiger partial charge < -0.3 is 14.4 Å². The van der Waals surface area contributed by atoms with E-state index in [1.807, 2.05) is 18.2 Å². The Labute approximate surface area is 254 Å². The SMILES string of the molecule is C.CCCCOC(=O)c1ccccc1C1=c2ccc3c(c2Oc2c1ccc1c2CCN1CC)CC[N+]=3CC.[O-][Cl+3]([O-])([O-])[O-]. The summed E-state index contributed by atoms with van der Waals surface area (Å²) in [6.45, 7) is 10.9. The first-order valence-electron chi connectivity index (χ1n) is 14.4. The van der Waals surface area contributed by atoms with Crippen LogP contribution in [0.5, 0.6) is 11.5 Å². The summed E-state index contributed by atoms with van der Waals surface area (Å²) in [5.74, 6) is 1.64. The second-order valence-electron chi connectivity index (χ2n) is 10.4. The van der Waals surface area contributed by atoms with Gasteiger partial charge in [-0.15, -0.1) is 10.2 Å². The number of hydrogen-bond acceptors (Lipinski definition) is 8. The van der Waals surface area contributed by atoms with Crippen molar-refractivity contribution in [3.05, 3.63) is 86.9 Å². The van der Waals surface area contributed by atoms with Gasteiger partial charge in [-0.2, -0.15) is 0 Å². The van der Waals surface area contributed by atoms with Gasteiger partial charge in [0.05, 0.1) is 17.7 Å². The average molecular weight is 611 g/mol. The highest BCUT2D eigenvalue weighted by molar-refractivity contribution is 5.99. The lowest BCUT2D eigenvalue weighted by atomic mass is 9.87. The molecule has 3 aromatic rings. The van der Waals surface area contributed by atoms with Crippen LogP contribution in [0.4, 0.5) is 5.69 Å². The molecule has 0 fully saturated rings. The van der Waals surface area contributed by atoms with Crippen molar-refractivity contribution in [3.8, 4) is 11.5 Å². The number of nitrogens with zero attached hydrogens (tertiary/aromatic N) is 2. The molecule has 0 radical (unpaired) electrons. The molecule has 3 aliphatic rings. The molecule has 0 saturated heterocycles. The Balaban J connectivity index is 0.000000654. The maximum atomic E-state index is 13.3. The number of halogens is 1. The van der Waals surface area contributed by atoms with Crippen LogP contribution in [0.3, 0.4) is 0 Å². The van der Waals surface area contributed by atoms with Crippen LogP contribution in [0.2, 0.25) is 0 Å². The van der Waals surface area contributed by atoms with Gasteiger partial charge in [0.25, 0.3) is 0 Å². The van der Waals surface area contributed by atoms with Crippen LogP contribution in [0.1, 0.15) is 73.7 Å². The fourth-order valence-corrected chi connectivity index (χ4v) is 6.13. The van der Waals surface area contributed by atoms with Gasteiger partial charge in [-0.3, -0.25) is 0 Å². The van der Waals surface area contributed by atoms with E-state index in [1.165, 1.54) is 22.2 Å². The topological polar surface area (TPSA) is 134 Å². The largest absolute Gasteiger partial charge is 0.462 e. The number of hydrogen-bond donors (Lipinski definition) is 0. The second kappa shape index (κ2) is 13.4. The van der Waals surface area contributed by atoms with Gasteiger partial charge in [-0.1, -0.05) is 39.0 Å². The van der Waals surface area contributed by atoms with E-state index in [9.17, 15) is 4.79 Å². The first-order valence-corrected chi connectivity index (χ1v) is 15.6. The van der Waals surface area contributed by atoms with E-state index in [2.05, 4.69) is 60.6 Å². The van der Waals surface area contributed by atoms with Gasteiger partial charge in [0.1, 0.15) is 24.6 Å². The Morgan fingerprint density at radius 3 is 2.40 bits per heavy atom. The lowest BCUT2D eigenvalue weighted by Gasteiger charge is -2.26. The summed E-state index contributed by atoms with van der Waals surface area (Å²) in [4.78, 5) is 15.7. The molecule has 0 atom stereocenters. The monoisotopic (exact) mass is 610 g/mol. The van der Waals surface area contributed by atoms with Crippen molar-refractivity contribution in [3.63, 3.8) is 0 Å². The number of carbonyl (C=O) groups is 1. The molecule has 0 spiro atoms. The van der Waals surface area contributed by atoms with Crippen LogP contribution >= 0.6 is 0 Å². The smallest absolute Gasteiger partial charge is 0.338 e. The molecular formula is C33H39ClN2O7. The molecule has 3 heterocycles.